The molecule has 2 rings (SSSR count). The van der Waals surface area contributed by atoms with Crippen molar-refractivity contribution in [2.24, 2.45) is 5.73 Å². The van der Waals surface area contributed by atoms with Crippen LogP contribution in [0.1, 0.15) is 24.1 Å². The molecule has 2 N–H and O–H groups in total. The molecule has 4 heteroatoms. The summed E-state index contributed by atoms with van der Waals surface area (Å²) in [6.07, 6.45) is 0. The van der Waals surface area contributed by atoms with Gasteiger partial charge in [-0.05, 0) is 42.3 Å². The van der Waals surface area contributed by atoms with Crippen molar-refractivity contribution in [1.29, 1.82) is 0 Å². The van der Waals surface area contributed by atoms with Gasteiger partial charge in [0.15, 0.2) is 0 Å². The van der Waals surface area contributed by atoms with Crippen molar-refractivity contribution in [3.8, 4) is 0 Å². The Kier molecular flexibility index (Phi) is 4.63. The highest BCUT2D eigenvalue weighted by atomic mass is 35.5. The van der Waals surface area contributed by atoms with Gasteiger partial charge in [-0.15, -0.1) is 0 Å². The first-order chi connectivity index (χ1) is 9.49. The molecule has 2 aromatic rings. The van der Waals surface area contributed by atoms with E-state index in [0.717, 1.165) is 21.8 Å². The number of nitrogens with zero attached hydrogens (tertiary/aromatic N) is 1. The SMILES string of the molecule is C[C@H](N)c1cc(F)ccc1N(C)Cc1ccccc1Cl. The molecule has 2 aromatic carbocycles. The predicted octanol–water partition coefficient (Wildman–Crippen LogP) is 4.14. The van der Waals surface area contributed by atoms with Crippen LogP contribution in [0.3, 0.4) is 0 Å². The van der Waals surface area contributed by atoms with Crippen LogP contribution in [0.4, 0.5) is 10.1 Å². The molecule has 0 bridgehead atoms. The molecular weight excluding hydrogens is 275 g/mol. The molecule has 0 aliphatic carbocycles. The molecule has 0 amide bonds. The summed E-state index contributed by atoms with van der Waals surface area (Å²) in [4.78, 5) is 2.03. The minimum absolute atomic E-state index is 0.227. The van der Waals surface area contributed by atoms with Crippen molar-refractivity contribution < 1.29 is 4.39 Å². The number of anilines is 1. The quantitative estimate of drug-likeness (QED) is 0.918. The molecule has 106 valence electrons. The van der Waals surface area contributed by atoms with E-state index in [4.69, 9.17) is 17.3 Å². The smallest absolute Gasteiger partial charge is 0.123 e. The number of hydrogen-bond acceptors (Lipinski definition) is 2. The zero-order valence-electron chi connectivity index (χ0n) is 11.6. The molecule has 2 nitrogen and oxygen atoms in total. The van der Waals surface area contributed by atoms with Crippen LogP contribution in [-0.2, 0) is 6.54 Å². The molecule has 20 heavy (non-hydrogen) atoms. The standard InChI is InChI=1S/C16H18ClFN2/c1-11(19)14-9-13(18)7-8-16(14)20(2)10-12-5-3-4-6-15(12)17/h3-9,11H,10,19H2,1-2H3/t11-/m0/s1. The van der Waals surface area contributed by atoms with E-state index < -0.39 is 0 Å². The van der Waals surface area contributed by atoms with Gasteiger partial charge in [0.1, 0.15) is 5.82 Å². The normalized spacial score (nSPS) is 12.2. The number of benzene rings is 2. The van der Waals surface area contributed by atoms with E-state index in [2.05, 4.69) is 0 Å². The lowest BCUT2D eigenvalue weighted by Crippen LogP contribution is -2.20. The van der Waals surface area contributed by atoms with Gasteiger partial charge < -0.3 is 10.6 Å². The Balaban J connectivity index is 2.30. The zero-order valence-corrected chi connectivity index (χ0v) is 12.4. The van der Waals surface area contributed by atoms with Crippen LogP contribution in [0.15, 0.2) is 42.5 Å². The number of nitrogens with two attached hydrogens (primary N) is 1. The Morgan fingerprint density at radius 3 is 2.60 bits per heavy atom. The fourth-order valence-electron chi connectivity index (χ4n) is 2.21. The highest BCUT2D eigenvalue weighted by Crippen LogP contribution is 2.27. The van der Waals surface area contributed by atoms with Crippen molar-refractivity contribution in [3.63, 3.8) is 0 Å². The van der Waals surface area contributed by atoms with E-state index in [1.807, 2.05) is 43.1 Å². The largest absolute Gasteiger partial charge is 0.370 e. The van der Waals surface area contributed by atoms with Crippen molar-refractivity contribution in [2.45, 2.75) is 19.5 Å². The highest BCUT2D eigenvalue weighted by molar-refractivity contribution is 6.31. The minimum Gasteiger partial charge on any atom is -0.370 e. The first-order valence-corrected chi connectivity index (χ1v) is 6.86. The molecule has 0 unspecified atom stereocenters. The maximum atomic E-state index is 13.4. The molecule has 0 radical (unpaired) electrons. The van der Waals surface area contributed by atoms with Gasteiger partial charge >= 0.3 is 0 Å². The lowest BCUT2D eigenvalue weighted by molar-refractivity contribution is 0.622. The van der Waals surface area contributed by atoms with Crippen molar-refractivity contribution in [2.75, 3.05) is 11.9 Å². The van der Waals surface area contributed by atoms with Gasteiger partial charge in [-0.25, -0.2) is 4.39 Å². The molecule has 0 spiro atoms. The third-order valence-corrected chi connectivity index (χ3v) is 3.63. The minimum atomic E-state index is -0.271. The van der Waals surface area contributed by atoms with Crippen LogP contribution in [-0.4, -0.2) is 7.05 Å². The number of hydrogen-bond donors (Lipinski definition) is 1. The zero-order chi connectivity index (χ0) is 14.7. The van der Waals surface area contributed by atoms with Crippen LogP contribution in [0, 0.1) is 5.82 Å². The molecule has 0 aliphatic rings. The second-order valence-electron chi connectivity index (χ2n) is 4.94. The summed E-state index contributed by atoms with van der Waals surface area (Å²) in [6.45, 7) is 2.49. The van der Waals surface area contributed by atoms with E-state index in [1.54, 1.807) is 6.07 Å². The Hall–Kier alpha value is -1.58. The van der Waals surface area contributed by atoms with Gasteiger partial charge in [0, 0.05) is 30.3 Å². The first-order valence-electron chi connectivity index (χ1n) is 6.48. The van der Waals surface area contributed by atoms with Crippen LogP contribution in [0.5, 0.6) is 0 Å². The highest BCUT2D eigenvalue weighted by Gasteiger charge is 2.13. The van der Waals surface area contributed by atoms with Gasteiger partial charge in [-0.1, -0.05) is 29.8 Å². The number of rotatable bonds is 4. The monoisotopic (exact) mass is 292 g/mol. The Labute approximate surface area is 124 Å². The lowest BCUT2D eigenvalue weighted by atomic mass is 10.1. The molecule has 0 saturated carbocycles. The molecule has 0 aliphatic heterocycles. The summed E-state index contributed by atoms with van der Waals surface area (Å²) in [6, 6.07) is 12.2. The molecule has 0 heterocycles. The van der Waals surface area contributed by atoms with Gasteiger partial charge in [-0.3, -0.25) is 0 Å². The Bertz CT molecular complexity index is 599. The van der Waals surface area contributed by atoms with Crippen LogP contribution >= 0.6 is 11.6 Å². The van der Waals surface area contributed by atoms with Crippen molar-refractivity contribution in [1.82, 2.24) is 0 Å². The molecule has 0 fully saturated rings. The third kappa shape index (κ3) is 3.30. The Morgan fingerprint density at radius 2 is 1.95 bits per heavy atom. The van der Waals surface area contributed by atoms with Crippen molar-refractivity contribution in [3.05, 3.63) is 64.4 Å². The second-order valence-corrected chi connectivity index (χ2v) is 5.35. The van der Waals surface area contributed by atoms with Gasteiger partial charge in [0.2, 0.25) is 0 Å². The first kappa shape index (κ1) is 14.8. The van der Waals surface area contributed by atoms with Crippen LogP contribution in [0.2, 0.25) is 5.02 Å². The molecule has 1 atom stereocenters. The van der Waals surface area contributed by atoms with Crippen LogP contribution < -0.4 is 10.6 Å². The molecular formula is C16H18ClFN2. The summed E-state index contributed by atoms with van der Waals surface area (Å²) >= 11 is 6.17. The van der Waals surface area contributed by atoms with E-state index in [0.29, 0.717) is 6.54 Å². The van der Waals surface area contributed by atoms with E-state index >= 15 is 0 Å². The summed E-state index contributed by atoms with van der Waals surface area (Å²) in [5.41, 5.74) is 8.66. The Morgan fingerprint density at radius 1 is 1.25 bits per heavy atom. The summed E-state index contributed by atoms with van der Waals surface area (Å²) in [7, 11) is 1.95. The predicted molar refractivity (Wildman–Crippen MR) is 82.6 cm³/mol. The average Bonchev–Trinajstić information content (AvgIpc) is 2.41. The fraction of sp³-hybridized carbons (Fsp3) is 0.250. The van der Waals surface area contributed by atoms with Gasteiger partial charge in [0.05, 0.1) is 0 Å². The summed E-state index contributed by atoms with van der Waals surface area (Å²) < 4.78 is 13.4. The third-order valence-electron chi connectivity index (χ3n) is 3.26. The van der Waals surface area contributed by atoms with E-state index in [-0.39, 0.29) is 11.9 Å². The molecule has 0 saturated heterocycles. The van der Waals surface area contributed by atoms with Crippen molar-refractivity contribution >= 4 is 17.3 Å². The van der Waals surface area contributed by atoms with Gasteiger partial charge in [0.25, 0.3) is 0 Å². The molecule has 0 aromatic heterocycles. The van der Waals surface area contributed by atoms with E-state index in [9.17, 15) is 4.39 Å². The number of halogens is 2. The van der Waals surface area contributed by atoms with Crippen LogP contribution in [0.25, 0.3) is 0 Å². The topological polar surface area (TPSA) is 29.3 Å². The summed E-state index contributed by atoms with van der Waals surface area (Å²) in [5, 5.41) is 0.726. The van der Waals surface area contributed by atoms with Gasteiger partial charge in [-0.2, -0.15) is 0 Å². The fourth-order valence-corrected chi connectivity index (χ4v) is 2.40. The van der Waals surface area contributed by atoms with E-state index in [1.165, 1.54) is 12.1 Å². The second kappa shape index (κ2) is 6.25. The summed E-state index contributed by atoms with van der Waals surface area (Å²) in [5.74, 6) is -0.271. The average molecular weight is 293 g/mol. The maximum Gasteiger partial charge on any atom is 0.123 e. The maximum absolute atomic E-state index is 13.4. The lowest BCUT2D eigenvalue weighted by Gasteiger charge is -2.24.